The standard InChI is InChI=1S/C15H17N3OS/c1-16-14(15-11(19-3)9-17-18(15)2)13-8-10-6-4-5-7-12(10)20-13/h4-9,14,16H,1-3H3. The summed E-state index contributed by atoms with van der Waals surface area (Å²) in [5.74, 6) is 0.810. The van der Waals surface area contributed by atoms with E-state index in [0.29, 0.717) is 0 Å². The average molecular weight is 287 g/mol. The molecule has 0 aliphatic heterocycles. The molecular weight excluding hydrogens is 270 g/mol. The maximum atomic E-state index is 5.43. The number of benzene rings is 1. The van der Waals surface area contributed by atoms with Crippen molar-refractivity contribution in [2.45, 2.75) is 6.04 Å². The van der Waals surface area contributed by atoms with Crippen LogP contribution in [0.4, 0.5) is 0 Å². The molecule has 0 fully saturated rings. The van der Waals surface area contributed by atoms with E-state index in [0.717, 1.165) is 11.4 Å². The van der Waals surface area contributed by atoms with E-state index < -0.39 is 0 Å². The zero-order valence-corrected chi connectivity index (χ0v) is 12.6. The lowest BCUT2D eigenvalue weighted by molar-refractivity contribution is 0.403. The first-order chi connectivity index (χ1) is 9.74. The van der Waals surface area contributed by atoms with E-state index in [4.69, 9.17) is 4.74 Å². The third-order valence-corrected chi connectivity index (χ3v) is 4.64. The maximum absolute atomic E-state index is 5.43. The molecule has 2 heterocycles. The number of thiophene rings is 1. The van der Waals surface area contributed by atoms with E-state index in [2.05, 4.69) is 40.7 Å². The van der Waals surface area contributed by atoms with Crippen LogP contribution in [0.5, 0.6) is 5.75 Å². The molecular formula is C15H17N3OS. The van der Waals surface area contributed by atoms with Gasteiger partial charge in [0.2, 0.25) is 0 Å². The third kappa shape index (κ3) is 2.09. The Labute approximate surface area is 122 Å². The largest absolute Gasteiger partial charge is 0.493 e. The van der Waals surface area contributed by atoms with Crippen LogP contribution >= 0.6 is 11.3 Å². The summed E-state index contributed by atoms with van der Waals surface area (Å²) < 4.78 is 8.59. The first-order valence-corrected chi connectivity index (χ1v) is 7.28. The first kappa shape index (κ1) is 13.1. The smallest absolute Gasteiger partial charge is 0.161 e. The highest BCUT2D eigenvalue weighted by atomic mass is 32.1. The van der Waals surface area contributed by atoms with E-state index >= 15 is 0 Å². The van der Waals surface area contributed by atoms with Crippen LogP contribution < -0.4 is 10.1 Å². The van der Waals surface area contributed by atoms with E-state index in [1.54, 1.807) is 24.6 Å². The minimum atomic E-state index is 0.0786. The van der Waals surface area contributed by atoms with Gasteiger partial charge in [0, 0.05) is 16.6 Å². The van der Waals surface area contributed by atoms with E-state index in [1.165, 1.54) is 15.0 Å². The summed E-state index contributed by atoms with van der Waals surface area (Å²) in [6.07, 6.45) is 1.76. The van der Waals surface area contributed by atoms with Gasteiger partial charge in [-0.15, -0.1) is 11.3 Å². The zero-order valence-electron chi connectivity index (χ0n) is 11.8. The molecule has 4 nitrogen and oxygen atoms in total. The van der Waals surface area contributed by atoms with Crippen molar-refractivity contribution >= 4 is 21.4 Å². The van der Waals surface area contributed by atoms with Crippen molar-refractivity contribution < 1.29 is 4.74 Å². The maximum Gasteiger partial charge on any atom is 0.161 e. The fourth-order valence-electron chi connectivity index (χ4n) is 2.47. The Kier molecular flexibility index (Phi) is 3.46. The van der Waals surface area contributed by atoms with Crippen LogP contribution in [0.1, 0.15) is 16.6 Å². The Balaban J connectivity index is 2.11. The molecule has 0 saturated carbocycles. The normalized spacial score (nSPS) is 12.8. The van der Waals surface area contributed by atoms with Crippen molar-refractivity contribution in [1.29, 1.82) is 0 Å². The van der Waals surface area contributed by atoms with Crippen molar-refractivity contribution in [3.05, 3.63) is 47.1 Å². The van der Waals surface area contributed by atoms with Crippen LogP contribution in [0.25, 0.3) is 10.1 Å². The second kappa shape index (κ2) is 5.26. The van der Waals surface area contributed by atoms with Crippen molar-refractivity contribution in [1.82, 2.24) is 15.1 Å². The quantitative estimate of drug-likeness (QED) is 0.802. The van der Waals surface area contributed by atoms with Gasteiger partial charge in [-0.25, -0.2) is 0 Å². The molecule has 20 heavy (non-hydrogen) atoms. The van der Waals surface area contributed by atoms with E-state index in [9.17, 15) is 0 Å². The first-order valence-electron chi connectivity index (χ1n) is 6.46. The lowest BCUT2D eigenvalue weighted by atomic mass is 10.1. The number of nitrogens with one attached hydrogen (secondary N) is 1. The van der Waals surface area contributed by atoms with Crippen molar-refractivity contribution in [2.75, 3.05) is 14.2 Å². The van der Waals surface area contributed by atoms with Gasteiger partial charge in [0.05, 0.1) is 19.3 Å². The van der Waals surface area contributed by atoms with Crippen LogP contribution in [0.2, 0.25) is 0 Å². The summed E-state index contributed by atoms with van der Waals surface area (Å²) in [6, 6.07) is 10.7. The molecule has 2 aromatic heterocycles. The van der Waals surface area contributed by atoms with Crippen LogP contribution in [-0.4, -0.2) is 23.9 Å². The summed E-state index contributed by atoms with van der Waals surface area (Å²) in [6.45, 7) is 0. The Hall–Kier alpha value is -1.85. The van der Waals surface area contributed by atoms with Gasteiger partial charge in [-0.05, 0) is 24.6 Å². The third-order valence-electron chi connectivity index (χ3n) is 3.46. The Morgan fingerprint density at radius 2 is 2.15 bits per heavy atom. The summed E-state index contributed by atoms with van der Waals surface area (Å²) >= 11 is 1.80. The zero-order chi connectivity index (χ0) is 14.1. The van der Waals surface area contributed by atoms with Crippen molar-refractivity contribution in [3.63, 3.8) is 0 Å². The van der Waals surface area contributed by atoms with Gasteiger partial charge in [-0.2, -0.15) is 5.10 Å². The number of methoxy groups -OCH3 is 1. The number of nitrogens with zero attached hydrogens (tertiary/aromatic N) is 2. The minimum absolute atomic E-state index is 0.0786. The molecule has 0 spiro atoms. The van der Waals surface area contributed by atoms with Gasteiger partial charge in [-0.3, -0.25) is 4.68 Å². The van der Waals surface area contributed by atoms with Gasteiger partial charge >= 0.3 is 0 Å². The Morgan fingerprint density at radius 1 is 1.35 bits per heavy atom. The number of hydrogen-bond acceptors (Lipinski definition) is 4. The molecule has 0 amide bonds. The van der Waals surface area contributed by atoms with Crippen LogP contribution in [0.15, 0.2) is 36.5 Å². The minimum Gasteiger partial charge on any atom is -0.493 e. The number of hydrogen-bond donors (Lipinski definition) is 1. The molecule has 5 heteroatoms. The lowest BCUT2D eigenvalue weighted by Gasteiger charge is -2.16. The molecule has 1 aromatic carbocycles. The summed E-state index contributed by atoms with van der Waals surface area (Å²) in [4.78, 5) is 1.26. The molecule has 1 unspecified atom stereocenters. The number of fused-ring (bicyclic) bond motifs is 1. The average Bonchev–Trinajstić information content (AvgIpc) is 3.04. The number of aryl methyl sites for hydroxylation is 1. The van der Waals surface area contributed by atoms with Gasteiger partial charge in [0.15, 0.2) is 5.75 Å². The molecule has 3 rings (SSSR count). The monoisotopic (exact) mass is 287 g/mol. The SMILES string of the molecule is CNC(c1cc2ccccc2s1)c1c(OC)cnn1C. The fourth-order valence-corrected chi connectivity index (χ4v) is 3.65. The lowest BCUT2D eigenvalue weighted by Crippen LogP contribution is -2.20. The summed E-state index contributed by atoms with van der Waals surface area (Å²) in [5.41, 5.74) is 1.04. The predicted molar refractivity (Wildman–Crippen MR) is 82.5 cm³/mol. The molecule has 0 aliphatic carbocycles. The highest BCUT2D eigenvalue weighted by Gasteiger charge is 2.22. The Morgan fingerprint density at radius 3 is 2.85 bits per heavy atom. The van der Waals surface area contributed by atoms with E-state index in [1.807, 2.05) is 18.8 Å². The molecule has 1 atom stereocenters. The number of rotatable bonds is 4. The van der Waals surface area contributed by atoms with Gasteiger partial charge in [0.1, 0.15) is 5.69 Å². The molecule has 104 valence electrons. The summed E-state index contributed by atoms with van der Waals surface area (Å²) in [5, 5.41) is 8.93. The highest BCUT2D eigenvalue weighted by Crippen LogP contribution is 2.35. The van der Waals surface area contributed by atoms with E-state index in [-0.39, 0.29) is 6.04 Å². The number of ether oxygens (including phenoxy) is 1. The van der Waals surface area contributed by atoms with Crippen LogP contribution in [0, 0.1) is 0 Å². The second-order valence-corrected chi connectivity index (χ2v) is 5.75. The predicted octanol–water partition coefficient (Wildman–Crippen LogP) is 2.95. The van der Waals surface area contributed by atoms with Crippen LogP contribution in [0.3, 0.4) is 0 Å². The van der Waals surface area contributed by atoms with Crippen molar-refractivity contribution in [2.24, 2.45) is 7.05 Å². The van der Waals surface area contributed by atoms with Gasteiger partial charge in [0.25, 0.3) is 0 Å². The summed E-state index contributed by atoms with van der Waals surface area (Å²) in [7, 11) is 5.58. The van der Waals surface area contributed by atoms with Crippen molar-refractivity contribution in [3.8, 4) is 5.75 Å². The topological polar surface area (TPSA) is 39.1 Å². The molecule has 0 saturated heterocycles. The molecule has 0 bridgehead atoms. The van der Waals surface area contributed by atoms with Crippen LogP contribution in [-0.2, 0) is 7.05 Å². The van der Waals surface area contributed by atoms with Gasteiger partial charge in [-0.1, -0.05) is 18.2 Å². The Bertz CT molecular complexity index is 699. The molecule has 1 N–H and O–H groups in total. The molecule has 3 aromatic rings. The number of aromatic nitrogens is 2. The highest BCUT2D eigenvalue weighted by molar-refractivity contribution is 7.19. The molecule has 0 aliphatic rings. The van der Waals surface area contributed by atoms with Gasteiger partial charge < -0.3 is 10.1 Å². The molecule has 0 radical (unpaired) electrons. The second-order valence-electron chi connectivity index (χ2n) is 4.63. The fraction of sp³-hybridized carbons (Fsp3) is 0.267.